The molecule has 0 amide bonds. The summed E-state index contributed by atoms with van der Waals surface area (Å²) in [6.07, 6.45) is 0. The van der Waals surface area contributed by atoms with E-state index in [1.165, 1.54) is 103 Å². The molecule has 0 aliphatic heterocycles. The molecule has 0 saturated heterocycles. The molecular weight excluding hydrogens is 745 g/mol. The number of fused-ring (bicyclic) bond motifs is 12. The van der Waals surface area contributed by atoms with Crippen LogP contribution in [0.4, 0.5) is 17.1 Å². The molecule has 13 rings (SSSR count). The van der Waals surface area contributed by atoms with Crippen LogP contribution in [0.5, 0.6) is 0 Å². The van der Waals surface area contributed by atoms with Gasteiger partial charge in [-0.3, -0.25) is 0 Å². The van der Waals surface area contributed by atoms with Gasteiger partial charge in [-0.1, -0.05) is 153 Å². The highest BCUT2D eigenvalue weighted by Crippen LogP contribution is 2.51. The van der Waals surface area contributed by atoms with Gasteiger partial charge >= 0.3 is 0 Å². The number of rotatable bonds is 5. The van der Waals surface area contributed by atoms with E-state index in [1.54, 1.807) is 0 Å². The van der Waals surface area contributed by atoms with Crippen LogP contribution < -0.4 is 4.90 Å². The Morgan fingerprint density at radius 1 is 0.433 bits per heavy atom. The van der Waals surface area contributed by atoms with Crippen LogP contribution in [-0.4, -0.2) is 4.40 Å². The number of para-hydroxylation sites is 2. The van der Waals surface area contributed by atoms with E-state index in [0.717, 1.165) is 17.1 Å². The third-order valence-electron chi connectivity index (χ3n) is 13.3. The maximum atomic E-state index is 2.47. The SMILES string of the molecule is CC1(C)c2ccccc2-c2cc(-c3ccc(N(c4ccc(-c5cccc6c5sc5ccccc56)cc4)c4cccc5c4c4cccc6c7ccccc7n5c64)cc3)ccc21. The average molecular weight is 783 g/mol. The molecule has 3 heteroatoms. The van der Waals surface area contributed by atoms with Crippen molar-refractivity contribution in [2.75, 3.05) is 4.90 Å². The summed E-state index contributed by atoms with van der Waals surface area (Å²) in [6.45, 7) is 4.69. The molecule has 9 aromatic carbocycles. The number of thiophene rings is 1. The van der Waals surface area contributed by atoms with Crippen molar-refractivity contribution in [1.82, 2.24) is 4.40 Å². The van der Waals surface area contributed by atoms with Crippen LogP contribution in [0.2, 0.25) is 0 Å². The lowest BCUT2D eigenvalue weighted by atomic mass is 9.82. The summed E-state index contributed by atoms with van der Waals surface area (Å²) >= 11 is 1.88. The molecule has 282 valence electrons. The van der Waals surface area contributed by atoms with E-state index in [2.05, 4.69) is 217 Å². The van der Waals surface area contributed by atoms with E-state index in [1.807, 2.05) is 11.3 Å². The van der Waals surface area contributed by atoms with Gasteiger partial charge in [0.1, 0.15) is 0 Å². The van der Waals surface area contributed by atoms with Gasteiger partial charge in [-0.05, 0) is 99.1 Å². The van der Waals surface area contributed by atoms with Crippen molar-refractivity contribution in [2.24, 2.45) is 0 Å². The first-order valence-electron chi connectivity index (χ1n) is 20.8. The number of aromatic nitrogens is 1. The smallest absolute Gasteiger partial charge is 0.0621 e. The van der Waals surface area contributed by atoms with Gasteiger partial charge in [0.2, 0.25) is 0 Å². The second-order valence-corrected chi connectivity index (χ2v) is 17.9. The lowest BCUT2D eigenvalue weighted by Gasteiger charge is -2.27. The predicted molar refractivity (Wildman–Crippen MR) is 257 cm³/mol. The lowest BCUT2D eigenvalue weighted by Crippen LogP contribution is -2.14. The minimum Gasteiger partial charge on any atom is -0.310 e. The zero-order valence-corrected chi connectivity index (χ0v) is 34.1. The molecule has 1 aliphatic carbocycles. The van der Waals surface area contributed by atoms with Crippen molar-refractivity contribution in [3.8, 4) is 33.4 Å². The summed E-state index contributed by atoms with van der Waals surface area (Å²) in [6, 6.07) is 72.3. The van der Waals surface area contributed by atoms with Crippen molar-refractivity contribution in [3.05, 3.63) is 205 Å². The van der Waals surface area contributed by atoms with Gasteiger partial charge in [-0.15, -0.1) is 11.3 Å². The van der Waals surface area contributed by atoms with Crippen LogP contribution in [0.3, 0.4) is 0 Å². The Labute approximate surface area is 352 Å². The average Bonchev–Trinajstić information content (AvgIpc) is 4.02. The maximum Gasteiger partial charge on any atom is 0.0621 e. The van der Waals surface area contributed by atoms with Crippen molar-refractivity contribution in [3.63, 3.8) is 0 Å². The molecule has 0 saturated carbocycles. The van der Waals surface area contributed by atoms with Gasteiger partial charge in [0.05, 0.1) is 22.2 Å². The Morgan fingerprint density at radius 3 is 1.88 bits per heavy atom. The number of hydrogen-bond donors (Lipinski definition) is 0. The molecule has 0 fully saturated rings. The van der Waals surface area contributed by atoms with Gasteiger partial charge < -0.3 is 9.30 Å². The van der Waals surface area contributed by atoms with Crippen molar-refractivity contribution in [2.45, 2.75) is 19.3 Å². The van der Waals surface area contributed by atoms with Crippen molar-refractivity contribution in [1.29, 1.82) is 0 Å². The quantitative estimate of drug-likeness (QED) is 0.169. The summed E-state index contributed by atoms with van der Waals surface area (Å²) in [7, 11) is 0. The van der Waals surface area contributed by atoms with E-state index in [9.17, 15) is 0 Å². The molecular formula is C57H38N2S. The Kier molecular flexibility index (Phi) is 6.98. The molecule has 2 nitrogen and oxygen atoms in total. The highest BCUT2D eigenvalue weighted by molar-refractivity contribution is 7.26. The minimum atomic E-state index is -0.0117. The van der Waals surface area contributed by atoms with E-state index in [-0.39, 0.29) is 5.41 Å². The van der Waals surface area contributed by atoms with Gasteiger partial charge in [0, 0.05) is 58.5 Å². The highest BCUT2D eigenvalue weighted by atomic mass is 32.1. The van der Waals surface area contributed by atoms with Gasteiger partial charge in [0.25, 0.3) is 0 Å². The Hall–Kier alpha value is -7.20. The fraction of sp³-hybridized carbons (Fsp3) is 0.0526. The zero-order chi connectivity index (χ0) is 39.7. The van der Waals surface area contributed by atoms with Gasteiger partial charge in [0.15, 0.2) is 0 Å². The number of anilines is 3. The number of hydrogen-bond acceptors (Lipinski definition) is 2. The molecule has 0 unspecified atom stereocenters. The Morgan fingerprint density at radius 2 is 1.03 bits per heavy atom. The van der Waals surface area contributed by atoms with Crippen LogP contribution in [0.25, 0.3) is 91.6 Å². The van der Waals surface area contributed by atoms with Crippen LogP contribution >= 0.6 is 11.3 Å². The van der Waals surface area contributed by atoms with E-state index in [0.29, 0.717) is 0 Å². The second-order valence-electron chi connectivity index (χ2n) is 16.9. The van der Waals surface area contributed by atoms with Crippen LogP contribution in [-0.2, 0) is 5.41 Å². The largest absolute Gasteiger partial charge is 0.310 e. The van der Waals surface area contributed by atoms with E-state index < -0.39 is 0 Å². The van der Waals surface area contributed by atoms with Crippen LogP contribution in [0.15, 0.2) is 194 Å². The molecule has 1 aliphatic rings. The lowest BCUT2D eigenvalue weighted by molar-refractivity contribution is 0.660. The second kappa shape index (κ2) is 12.4. The normalized spacial score (nSPS) is 13.3. The first kappa shape index (κ1) is 33.7. The van der Waals surface area contributed by atoms with Crippen molar-refractivity contribution < 1.29 is 0 Å². The van der Waals surface area contributed by atoms with E-state index >= 15 is 0 Å². The summed E-state index contributed by atoms with van der Waals surface area (Å²) in [5.74, 6) is 0. The standard InChI is InChI=1S/C57H38N2S/c1-57(2)48-19-6-3-12-41(48)47-34-37(28-33-49(47)57)35-24-29-38(30-25-35)58(39-31-26-36(27-32-39)40-15-9-17-45-43-14-5-8-23-53(43)60-56(40)45)51-21-11-22-52-54(51)46-18-10-16-44-42-13-4-7-20-50(42)59(52)55(44)46/h3-34H,1-2H3. The van der Waals surface area contributed by atoms with Gasteiger partial charge in [-0.2, -0.15) is 0 Å². The Bertz CT molecular complexity index is 3680. The monoisotopic (exact) mass is 782 g/mol. The highest BCUT2D eigenvalue weighted by Gasteiger charge is 2.35. The molecule has 0 spiro atoms. The molecule has 0 atom stereocenters. The molecule has 0 bridgehead atoms. The van der Waals surface area contributed by atoms with Crippen LogP contribution in [0.1, 0.15) is 25.0 Å². The maximum absolute atomic E-state index is 2.47. The summed E-state index contributed by atoms with van der Waals surface area (Å²) in [5.41, 5.74) is 17.6. The molecule has 0 radical (unpaired) electrons. The minimum absolute atomic E-state index is 0.0117. The van der Waals surface area contributed by atoms with Crippen LogP contribution in [0, 0.1) is 0 Å². The molecule has 3 aromatic heterocycles. The number of nitrogens with zero attached hydrogens (tertiary/aromatic N) is 2. The molecule has 12 aromatic rings. The molecule has 3 heterocycles. The third-order valence-corrected chi connectivity index (χ3v) is 14.6. The first-order valence-corrected chi connectivity index (χ1v) is 21.7. The third kappa shape index (κ3) is 4.64. The molecule has 60 heavy (non-hydrogen) atoms. The van der Waals surface area contributed by atoms with E-state index in [4.69, 9.17) is 0 Å². The van der Waals surface area contributed by atoms with Gasteiger partial charge in [-0.25, -0.2) is 0 Å². The summed E-state index contributed by atoms with van der Waals surface area (Å²) in [5, 5.41) is 7.75. The number of benzene rings is 9. The fourth-order valence-electron chi connectivity index (χ4n) is 10.5. The topological polar surface area (TPSA) is 7.65 Å². The molecule has 0 N–H and O–H groups in total. The predicted octanol–water partition coefficient (Wildman–Crippen LogP) is 16.3. The fourth-order valence-corrected chi connectivity index (χ4v) is 11.8. The van der Waals surface area contributed by atoms with Crippen molar-refractivity contribution >= 4 is 86.7 Å². The Balaban J connectivity index is 0.983. The zero-order valence-electron chi connectivity index (χ0n) is 33.3. The first-order chi connectivity index (χ1) is 29.5. The summed E-state index contributed by atoms with van der Waals surface area (Å²) < 4.78 is 5.13. The summed E-state index contributed by atoms with van der Waals surface area (Å²) in [4.78, 5) is 2.46.